The molecular formula is C15H18N2O2. The minimum Gasteiger partial charge on any atom is -0.441 e. The minimum atomic E-state index is 0.0594. The van der Waals surface area contributed by atoms with Crippen LogP contribution in [0.15, 0.2) is 28.7 Å². The van der Waals surface area contributed by atoms with E-state index in [2.05, 4.69) is 10.3 Å². The molecule has 4 heteroatoms. The Bertz CT molecular complexity index is 558. The molecule has 0 bridgehead atoms. The molecule has 0 saturated heterocycles. The molecule has 0 amide bonds. The van der Waals surface area contributed by atoms with Crippen molar-refractivity contribution in [3.8, 4) is 11.3 Å². The standard InChI is InChI=1S/C15H18N2O2/c1-10-15(19-11(2)17-10)13-6-4-12(5-7-13)14(16-3)8-9-18/h4-7,9,14,16H,8H2,1-3H3. The third kappa shape index (κ3) is 2.90. The summed E-state index contributed by atoms with van der Waals surface area (Å²) >= 11 is 0. The first-order valence-electron chi connectivity index (χ1n) is 6.31. The van der Waals surface area contributed by atoms with Gasteiger partial charge in [-0.05, 0) is 19.5 Å². The summed E-state index contributed by atoms with van der Waals surface area (Å²) in [6.07, 6.45) is 1.40. The predicted octanol–water partition coefficient (Wildman–Crippen LogP) is 2.81. The summed E-state index contributed by atoms with van der Waals surface area (Å²) in [5.41, 5.74) is 2.98. The molecule has 0 spiro atoms. The Morgan fingerprint density at radius 2 is 2.00 bits per heavy atom. The topological polar surface area (TPSA) is 55.1 Å². The molecule has 100 valence electrons. The molecule has 0 aliphatic heterocycles. The number of hydrogen-bond acceptors (Lipinski definition) is 4. The molecule has 0 radical (unpaired) electrons. The molecule has 1 heterocycles. The van der Waals surface area contributed by atoms with Gasteiger partial charge < -0.3 is 14.5 Å². The molecule has 0 saturated carbocycles. The van der Waals surface area contributed by atoms with Gasteiger partial charge in [-0.3, -0.25) is 0 Å². The van der Waals surface area contributed by atoms with Gasteiger partial charge in [-0.15, -0.1) is 0 Å². The fourth-order valence-electron chi connectivity index (χ4n) is 2.18. The van der Waals surface area contributed by atoms with Gasteiger partial charge in [-0.25, -0.2) is 4.98 Å². The van der Waals surface area contributed by atoms with Gasteiger partial charge in [0.2, 0.25) is 0 Å². The van der Waals surface area contributed by atoms with Crippen molar-refractivity contribution in [1.82, 2.24) is 10.3 Å². The van der Waals surface area contributed by atoms with E-state index in [1.807, 2.05) is 45.2 Å². The number of nitrogens with zero attached hydrogens (tertiary/aromatic N) is 1. The third-order valence-electron chi connectivity index (χ3n) is 3.16. The number of carbonyl (C=O) groups excluding carboxylic acids is 1. The molecule has 1 aromatic carbocycles. The van der Waals surface area contributed by atoms with Crippen LogP contribution in [0.5, 0.6) is 0 Å². The van der Waals surface area contributed by atoms with E-state index in [0.29, 0.717) is 12.3 Å². The molecule has 0 aliphatic carbocycles. The zero-order valence-electron chi connectivity index (χ0n) is 11.4. The highest BCUT2D eigenvalue weighted by Crippen LogP contribution is 2.26. The zero-order chi connectivity index (χ0) is 13.8. The van der Waals surface area contributed by atoms with E-state index < -0.39 is 0 Å². The number of aromatic nitrogens is 1. The van der Waals surface area contributed by atoms with Crippen LogP contribution in [0.3, 0.4) is 0 Å². The maximum absolute atomic E-state index is 10.6. The predicted molar refractivity (Wildman–Crippen MR) is 73.9 cm³/mol. The van der Waals surface area contributed by atoms with E-state index in [-0.39, 0.29) is 6.04 Å². The van der Waals surface area contributed by atoms with E-state index in [0.717, 1.165) is 28.9 Å². The summed E-state index contributed by atoms with van der Waals surface area (Å²) in [5.74, 6) is 1.48. The van der Waals surface area contributed by atoms with Crippen molar-refractivity contribution in [3.63, 3.8) is 0 Å². The summed E-state index contributed by atoms with van der Waals surface area (Å²) in [6.45, 7) is 3.77. The summed E-state index contributed by atoms with van der Waals surface area (Å²) in [4.78, 5) is 14.9. The molecule has 2 rings (SSSR count). The van der Waals surface area contributed by atoms with Crippen molar-refractivity contribution >= 4 is 6.29 Å². The second-order valence-electron chi connectivity index (χ2n) is 4.51. The molecule has 0 aliphatic rings. The molecule has 1 N–H and O–H groups in total. The maximum atomic E-state index is 10.6. The average Bonchev–Trinajstić information content (AvgIpc) is 2.75. The zero-order valence-corrected chi connectivity index (χ0v) is 11.4. The maximum Gasteiger partial charge on any atom is 0.192 e. The molecular weight excluding hydrogens is 240 g/mol. The van der Waals surface area contributed by atoms with Crippen LogP contribution in [0, 0.1) is 13.8 Å². The summed E-state index contributed by atoms with van der Waals surface area (Å²) in [5, 5.41) is 3.13. The van der Waals surface area contributed by atoms with Crippen molar-refractivity contribution in [2.45, 2.75) is 26.3 Å². The summed E-state index contributed by atoms with van der Waals surface area (Å²) < 4.78 is 5.59. The Labute approximate surface area is 112 Å². The fraction of sp³-hybridized carbons (Fsp3) is 0.333. The van der Waals surface area contributed by atoms with E-state index >= 15 is 0 Å². The van der Waals surface area contributed by atoms with E-state index in [1.165, 1.54) is 0 Å². The highest BCUT2D eigenvalue weighted by Gasteiger charge is 2.12. The van der Waals surface area contributed by atoms with Gasteiger partial charge in [0.25, 0.3) is 0 Å². The number of nitrogens with one attached hydrogen (secondary N) is 1. The first kappa shape index (κ1) is 13.5. The van der Waals surface area contributed by atoms with Crippen LogP contribution in [0.2, 0.25) is 0 Å². The lowest BCUT2D eigenvalue weighted by atomic mass is 10.0. The number of aldehydes is 1. The van der Waals surface area contributed by atoms with Crippen molar-refractivity contribution in [3.05, 3.63) is 41.4 Å². The molecule has 4 nitrogen and oxygen atoms in total. The second kappa shape index (κ2) is 5.80. The van der Waals surface area contributed by atoms with E-state index in [9.17, 15) is 4.79 Å². The summed E-state index contributed by atoms with van der Waals surface area (Å²) in [7, 11) is 1.85. The fourth-order valence-corrected chi connectivity index (χ4v) is 2.18. The number of oxazole rings is 1. The number of benzene rings is 1. The van der Waals surface area contributed by atoms with Gasteiger partial charge in [0, 0.05) is 24.9 Å². The van der Waals surface area contributed by atoms with Gasteiger partial charge in [0.1, 0.15) is 6.29 Å². The number of aryl methyl sites for hydroxylation is 2. The van der Waals surface area contributed by atoms with Crippen molar-refractivity contribution in [1.29, 1.82) is 0 Å². The van der Waals surface area contributed by atoms with Crippen LogP contribution in [0.4, 0.5) is 0 Å². The SMILES string of the molecule is CNC(CC=O)c1ccc(-c2oc(C)nc2C)cc1. The molecule has 0 fully saturated rings. The normalized spacial score (nSPS) is 12.4. The molecule has 2 aromatic rings. The van der Waals surface area contributed by atoms with Crippen LogP contribution in [0.25, 0.3) is 11.3 Å². The monoisotopic (exact) mass is 258 g/mol. The number of hydrogen-bond donors (Lipinski definition) is 1. The minimum absolute atomic E-state index is 0.0594. The second-order valence-corrected chi connectivity index (χ2v) is 4.51. The highest BCUT2D eigenvalue weighted by molar-refractivity contribution is 5.60. The van der Waals surface area contributed by atoms with Gasteiger partial charge in [-0.2, -0.15) is 0 Å². The highest BCUT2D eigenvalue weighted by atomic mass is 16.4. The van der Waals surface area contributed by atoms with Crippen LogP contribution in [0.1, 0.15) is 29.6 Å². The lowest BCUT2D eigenvalue weighted by Crippen LogP contribution is -2.16. The van der Waals surface area contributed by atoms with Crippen molar-refractivity contribution in [2.24, 2.45) is 0 Å². The Morgan fingerprint density at radius 3 is 2.47 bits per heavy atom. The third-order valence-corrected chi connectivity index (χ3v) is 3.16. The molecule has 19 heavy (non-hydrogen) atoms. The summed E-state index contributed by atoms with van der Waals surface area (Å²) in [6, 6.07) is 8.08. The molecule has 1 aromatic heterocycles. The molecule has 1 unspecified atom stereocenters. The van der Waals surface area contributed by atoms with Crippen LogP contribution in [-0.4, -0.2) is 18.3 Å². The Morgan fingerprint density at radius 1 is 1.32 bits per heavy atom. The van der Waals surface area contributed by atoms with Crippen molar-refractivity contribution in [2.75, 3.05) is 7.05 Å². The number of carbonyl (C=O) groups is 1. The van der Waals surface area contributed by atoms with Gasteiger partial charge in [0.05, 0.1) is 5.69 Å². The van der Waals surface area contributed by atoms with E-state index in [4.69, 9.17) is 4.42 Å². The first-order chi connectivity index (χ1) is 9.15. The average molecular weight is 258 g/mol. The van der Waals surface area contributed by atoms with Crippen LogP contribution in [-0.2, 0) is 4.79 Å². The van der Waals surface area contributed by atoms with Crippen LogP contribution < -0.4 is 5.32 Å². The number of rotatable bonds is 5. The lowest BCUT2D eigenvalue weighted by molar-refractivity contribution is -0.108. The molecule has 1 atom stereocenters. The first-order valence-corrected chi connectivity index (χ1v) is 6.31. The quantitative estimate of drug-likeness (QED) is 0.838. The van der Waals surface area contributed by atoms with Crippen LogP contribution >= 0.6 is 0 Å². The van der Waals surface area contributed by atoms with Gasteiger partial charge in [-0.1, -0.05) is 24.3 Å². The Hall–Kier alpha value is -1.94. The Kier molecular flexibility index (Phi) is 4.12. The van der Waals surface area contributed by atoms with Gasteiger partial charge in [0.15, 0.2) is 11.7 Å². The van der Waals surface area contributed by atoms with Gasteiger partial charge >= 0.3 is 0 Å². The smallest absolute Gasteiger partial charge is 0.192 e. The lowest BCUT2D eigenvalue weighted by Gasteiger charge is -2.13. The Balaban J connectivity index is 2.27. The van der Waals surface area contributed by atoms with Crippen molar-refractivity contribution < 1.29 is 9.21 Å². The largest absolute Gasteiger partial charge is 0.441 e. The van der Waals surface area contributed by atoms with E-state index in [1.54, 1.807) is 0 Å².